The molecular formula is C18H25F3. The Morgan fingerprint density at radius 3 is 2.05 bits per heavy atom. The van der Waals surface area contributed by atoms with Crippen molar-refractivity contribution in [1.29, 1.82) is 0 Å². The molecule has 0 spiro atoms. The molecule has 21 heavy (non-hydrogen) atoms. The first-order valence-electron chi connectivity index (χ1n) is 7.88. The highest BCUT2D eigenvalue weighted by Crippen LogP contribution is 2.34. The summed E-state index contributed by atoms with van der Waals surface area (Å²) in [7, 11) is 0. The van der Waals surface area contributed by atoms with Crippen molar-refractivity contribution in [2.45, 2.75) is 64.5 Å². The highest BCUT2D eigenvalue weighted by Gasteiger charge is 2.33. The van der Waals surface area contributed by atoms with Crippen molar-refractivity contribution in [1.82, 2.24) is 0 Å². The Kier molecular flexibility index (Phi) is 8.17. The van der Waals surface area contributed by atoms with Crippen LogP contribution in [0.15, 0.2) is 36.4 Å². The Labute approximate surface area is 126 Å². The first kappa shape index (κ1) is 17.8. The minimum absolute atomic E-state index is 0.257. The number of alkyl halides is 3. The van der Waals surface area contributed by atoms with Gasteiger partial charge in [0.05, 0.1) is 5.57 Å². The maximum Gasteiger partial charge on any atom is 0.416 e. The van der Waals surface area contributed by atoms with Crippen LogP contribution in [0.25, 0.3) is 5.57 Å². The maximum absolute atomic E-state index is 13.1. The Morgan fingerprint density at radius 2 is 1.48 bits per heavy atom. The Bertz CT molecular complexity index is 404. The lowest BCUT2D eigenvalue weighted by Gasteiger charge is -2.12. The van der Waals surface area contributed by atoms with E-state index in [0.29, 0.717) is 6.42 Å². The zero-order chi connectivity index (χ0) is 15.6. The van der Waals surface area contributed by atoms with E-state index in [1.54, 1.807) is 18.2 Å². The summed E-state index contributed by atoms with van der Waals surface area (Å²) in [6.45, 7) is 2.17. The Balaban J connectivity index is 2.43. The van der Waals surface area contributed by atoms with Crippen LogP contribution in [-0.4, -0.2) is 6.18 Å². The second kappa shape index (κ2) is 9.64. The third-order valence-corrected chi connectivity index (χ3v) is 3.55. The number of hydrogen-bond donors (Lipinski definition) is 0. The summed E-state index contributed by atoms with van der Waals surface area (Å²) in [6.07, 6.45) is 5.45. The summed E-state index contributed by atoms with van der Waals surface area (Å²) in [5, 5.41) is 0. The number of halogens is 3. The first-order valence-corrected chi connectivity index (χ1v) is 7.88. The molecule has 1 aromatic carbocycles. The quantitative estimate of drug-likeness (QED) is 0.441. The number of hydrogen-bond acceptors (Lipinski definition) is 0. The van der Waals surface area contributed by atoms with Gasteiger partial charge in [-0.1, -0.05) is 81.9 Å². The van der Waals surface area contributed by atoms with Crippen LogP contribution in [0.1, 0.15) is 63.9 Å². The molecule has 0 aromatic heterocycles. The third-order valence-electron chi connectivity index (χ3n) is 3.55. The molecule has 0 aliphatic heterocycles. The summed E-state index contributed by atoms with van der Waals surface area (Å²) < 4.78 is 39.2. The molecule has 0 amide bonds. The monoisotopic (exact) mass is 298 g/mol. The predicted octanol–water partition coefficient (Wildman–Crippen LogP) is 6.77. The van der Waals surface area contributed by atoms with E-state index in [1.807, 2.05) is 0 Å². The van der Waals surface area contributed by atoms with Crippen LogP contribution in [0.4, 0.5) is 13.2 Å². The van der Waals surface area contributed by atoms with E-state index in [-0.39, 0.29) is 5.56 Å². The number of benzene rings is 1. The summed E-state index contributed by atoms with van der Waals surface area (Å²) in [4.78, 5) is 0. The van der Waals surface area contributed by atoms with E-state index < -0.39 is 11.7 Å². The molecule has 118 valence electrons. The average Bonchev–Trinajstić information content (AvgIpc) is 2.45. The predicted molar refractivity (Wildman–Crippen MR) is 83.1 cm³/mol. The molecule has 0 heterocycles. The SMILES string of the molecule is CCCCCCCCCC=C(c1ccccc1)C(F)(F)F. The minimum atomic E-state index is -4.28. The Morgan fingerprint density at radius 1 is 0.905 bits per heavy atom. The number of unbranched alkanes of at least 4 members (excludes halogenated alkanes) is 7. The van der Waals surface area contributed by atoms with E-state index in [1.165, 1.54) is 43.9 Å². The van der Waals surface area contributed by atoms with Gasteiger partial charge in [0.1, 0.15) is 0 Å². The Hall–Kier alpha value is -1.25. The molecule has 1 rings (SSSR count). The summed E-state index contributed by atoms with van der Waals surface area (Å²) in [5.74, 6) is 0. The van der Waals surface area contributed by atoms with Gasteiger partial charge in [-0.25, -0.2) is 0 Å². The second-order valence-electron chi connectivity index (χ2n) is 5.39. The fourth-order valence-electron chi connectivity index (χ4n) is 2.36. The minimum Gasteiger partial charge on any atom is -0.166 e. The van der Waals surface area contributed by atoms with E-state index >= 15 is 0 Å². The summed E-state index contributed by atoms with van der Waals surface area (Å²) in [6, 6.07) is 8.05. The van der Waals surface area contributed by atoms with Gasteiger partial charge >= 0.3 is 6.18 Å². The van der Waals surface area contributed by atoms with Crippen molar-refractivity contribution < 1.29 is 13.2 Å². The van der Waals surface area contributed by atoms with Gasteiger partial charge in [-0.3, -0.25) is 0 Å². The molecular weight excluding hydrogens is 273 g/mol. The van der Waals surface area contributed by atoms with Crippen molar-refractivity contribution in [2.24, 2.45) is 0 Å². The summed E-state index contributed by atoms with van der Waals surface area (Å²) >= 11 is 0. The van der Waals surface area contributed by atoms with Crippen LogP contribution in [0.5, 0.6) is 0 Å². The fourth-order valence-corrected chi connectivity index (χ4v) is 2.36. The lowest BCUT2D eigenvalue weighted by Crippen LogP contribution is -2.10. The molecule has 0 unspecified atom stereocenters. The van der Waals surface area contributed by atoms with Crippen molar-refractivity contribution in [3.63, 3.8) is 0 Å². The maximum atomic E-state index is 13.1. The molecule has 1 aromatic rings. The molecule has 0 nitrogen and oxygen atoms in total. The first-order chi connectivity index (χ1) is 10.1. The highest BCUT2D eigenvalue weighted by atomic mass is 19.4. The van der Waals surface area contributed by atoms with Gasteiger partial charge in [0.15, 0.2) is 0 Å². The van der Waals surface area contributed by atoms with Gasteiger partial charge in [-0.2, -0.15) is 13.2 Å². The van der Waals surface area contributed by atoms with Crippen LogP contribution < -0.4 is 0 Å². The highest BCUT2D eigenvalue weighted by molar-refractivity contribution is 5.69. The normalized spacial score (nSPS) is 12.7. The van der Waals surface area contributed by atoms with E-state index in [2.05, 4.69) is 6.92 Å². The molecule has 0 saturated heterocycles. The van der Waals surface area contributed by atoms with Crippen LogP contribution in [0.2, 0.25) is 0 Å². The number of rotatable bonds is 9. The molecule has 3 heteroatoms. The smallest absolute Gasteiger partial charge is 0.166 e. The van der Waals surface area contributed by atoms with Gasteiger partial charge in [-0.15, -0.1) is 0 Å². The third kappa shape index (κ3) is 7.35. The van der Waals surface area contributed by atoms with Crippen LogP contribution >= 0.6 is 0 Å². The van der Waals surface area contributed by atoms with Crippen LogP contribution in [0, 0.1) is 0 Å². The van der Waals surface area contributed by atoms with Gasteiger partial charge < -0.3 is 0 Å². The van der Waals surface area contributed by atoms with Gasteiger partial charge in [0.25, 0.3) is 0 Å². The zero-order valence-electron chi connectivity index (χ0n) is 12.8. The van der Waals surface area contributed by atoms with Crippen molar-refractivity contribution in [3.05, 3.63) is 42.0 Å². The van der Waals surface area contributed by atoms with Gasteiger partial charge in [0.2, 0.25) is 0 Å². The van der Waals surface area contributed by atoms with E-state index in [9.17, 15) is 13.2 Å². The van der Waals surface area contributed by atoms with Crippen molar-refractivity contribution in [3.8, 4) is 0 Å². The average molecular weight is 298 g/mol. The van der Waals surface area contributed by atoms with Crippen LogP contribution in [-0.2, 0) is 0 Å². The van der Waals surface area contributed by atoms with Crippen LogP contribution in [0.3, 0.4) is 0 Å². The van der Waals surface area contributed by atoms with Crippen molar-refractivity contribution >= 4 is 5.57 Å². The topological polar surface area (TPSA) is 0 Å². The molecule has 0 fully saturated rings. The summed E-state index contributed by atoms with van der Waals surface area (Å²) in [5.41, 5.74) is -0.248. The molecule has 0 aliphatic rings. The molecule has 0 atom stereocenters. The number of allylic oxidation sites excluding steroid dienone is 2. The molecule has 0 bridgehead atoms. The largest absolute Gasteiger partial charge is 0.416 e. The zero-order valence-corrected chi connectivity index (χ0v) is 12.8. The van der Waals surface area contributed by atoms with Gasteiger partial charge in [0, 0.05) is 0 Å². The molecule has 0 aliphatic carbocycles. The van der Waals surface area contributed by atoms with E-state index in [0.717, 1.165) is 19.3 Å². The molecule has 0 radical (unpaired) electrons. The lowest BCUT2D eigenvalue weighted by molar-refractivity contribution is -0.0690. The van der Waals surface area contributed by atoms with E-state index in [4.69, 9.17) is 0 Å². The molecule has 0 saturated carbocycles. The fraction of sp³-hybridized carbons (Fsp3) is 0.556. The second-order valence-corrected chi connectivity index (χ2v) is 5.39. The van der Waals surface area contributed by atoms with Gasteiger partial charge in [-0.05, 0) is 18.4 Å². The standard InChI is InChI=1S/C18H25F3/c1-2-3-4-5-6-7-8-12-15-17(18(19,20)21)16-13-10-9-11-14-16/h9-11,13-15H,2-8,12H2,1H3. The lowest BCUT2D eigenvalue weighted by atomic mass is 10.0. The van der Waals surface area contributed by atoms with Crippen molar-refractivity contribution in [2.75, 3.05) is 0 Å². The molecule has 0 N–H and O–H groups in total.